The van der Waals surface area contributed by atoms with Crippen LogP contribution in [0.5, 0.6) is 0 Å². The van der Waals surface area contributed by atoms with Crippen molar-refractivity contribution in [1.29, 1.82) is 0 Å². The number of anilines is 1. The number of nitrogens with one attached hydrogen (secondary N) is 1. The number of hydrogen-bond acceptors (Lipinski definition) is 3. The summed E-state index contributed by atoms with van der Waals surface area (Å²) in [6.07, 6.45) is 0.472. The predicted molar refractivity (Wildman–Crippen MR) is 90.1 cm³/mol. The maximum Gasteiger partial charge on any atom is 0.335 e. The molecular weight excluding hydrogens is 344 g/mol. The predicted octanol–water partition coefficient (Wildman–Crippen LogP) is 3.35. The molecule has 5 nitrogen and oxygen atoms in total. The van der Waals surface area contributed by atoms with E-state index in [2.05, 4.69) is 5.32 Å². The topological polar surface area (TPSA) is 75.6 Å². The van der Waals surface area contributed by atoms with Crippen LogP contribution in [0.15, 0.2) is 42.5 Å². The van der Waals surface area contributed by atoms with E-state index >= 15 is 0 Å². The molecule has 1 heterocycles. The first-order valence-electron chi connectivity index (χ1n) is 8.10. The number of amides is 1. The highest BCUT2D eigenvalue weighted by Crippen LogP contribution is 2.37. The fraction of sp³-hybridized carbons (Fsp3) is 0.263. The maximum atomic E-state index is 14.4. The lowest BCUT2D eigenvalue weighted by Gasteiger charge is -2.36. The highest BCUT2D eigenvalue weighted by Gasteiger charge is 2.43. The fourth-order valence-corrected chi connectivity index (χ4v) is 3.20. The summed E-state index contributed by atoms with van der Waals surface area (Å²) in [7, 11) is 0. The summed E-state index contributed by atoms with van der Waals surface area (Å²) < 4.78 is 33.0. The smallest absolute Gasteiger partial charge is 0.335 e. The van der Waals surface area contributed by atoms with Crippen molar-refractivity contribution in [3.63, 3.8) is 0 Å². The molecule has 0 atom stereocenters. The van der Waals surface area contributed by atoms with Crippen molar-refractivity contribution in [2.24, 2.45) is 0 Å². The van der Waals surface area contributed by atoms with E-state index in [0.717, 1.165) is 12.1 Å². The number of hydrogen-bond donors (Lipinski definition) is 2. The van der Waals surface area contributed by atoms with Gasteiger partial charge in [0.05, 0.1) is 11.0 Å². The minimum atomic E-state index is -1.21. The van der Waals surface area contributed by atoms with Gasteiger partial charge in [0.15, 0.2) is 0 Å². The van der Waals surface area contributed by atoms with Crippen LogP contribution in [0, 0.1) is 11.6 Å². The molecule has 0 saturated carbocycles. The van der Waals surface area contributed by atoms with Gasteiger partial charge in [-0.15, -0.1) is 0 Å². The standard InChI is InChI=1S/C19H17F2NO4/c20-13-4-5-15(16(21)11-13)19(6-8-26-9-7-19)18(25)22-14-3-1-2-12(10-14)17(23)24/h1-5,10-11H,6-9H2,(H,22,25)(H,23,24). The van der Waals surface area contributed by atoms with Gasteiger partial charge in [-0.1, -0.05) is 12.1 Å². The summed E-state index contributed by atoms with van der Waals surface area (Å²) in [4.78, 5) is 24.1. The van der Waals surface area contributed by atoms with E-state index in [4.69, 9.17) is 9.84 Å². The zero-order valence-corrected chi connectivity index (χ0v) is 13.8. The lowest BCUT2D eigenvalue weighted by molar-refractivity contribution is -0.125. The molecule has 3 rings (SSSR count). The molecule has 0 bridgehead atoms. The first-order chi connectivity index (χ1) is 12.4. The first-order valence-corrected chi connectivity index (χ1v) is 8.10. The number of carboxylic acids is 1. The van der Waals surface area contributed by atoms with E-state index in [1.54, 1.807) is 6.07 Å². The van der Waals surface area contributed by atoms with E-state index in [9.17, 15) is 18.4 Å². The van der Waals surface area contributed by atoms with Crippen molar-refractivity contribution in [1.82, 2.24) is 0 Å². The van der Waals surface area contributed by atoms with Gasteiger partial charge in [0.2, 0.25) is 5.91 Å². The van der Waals surface area contributed by atoms with Crippen molar-refractivity contribution >= 4 is 17.6 Å². The summed E-state index contributed by atoms with van der Waals surface area (Å²) >= 11 is 0. The molecule has 1 amide bonds. The Bertz CT molecular complexity index is 847. The van der Waals surface area contributed by atoms with Crippen LogP contribution in [-0.2, 0) is 14.9 Å². The van der Waals surface area contributed by atoms with Gasteiger partial charge in [0.1, 0.15) is 11.6 Å². The first kappa shape index (κ1) is 18.0. The summed E-state index contributed by atoms with van der Waals surface area (Å²) in [6, 6.07) is 8.95. The zero-order valence-electron chi connectivity index (χ0n) is 13.8. The minimum Gasteiger partial charge on any atom is -0.478 e. The van der Waals surface area contributed by atoms with Crippen molar-refractivity contribution in [3.05, 3.63) is 65.2 Å². The summed E-state index contributed by atoms with van der Waals surface area (Å²) in [5.74, 6) is -3.11. The van der Waals surface area contributed by atoms with E-state index in [-0.39, 0.29) is 37.2 Å². The molecule has 0 radical (unpaired) electrons. The zero-order chi connectivity index (χ0) is 18.7. The Morgan fingerprint density at radius 2 is 1.81 bits per heavy atom. The number of halogens is 2. The molecule has 26 heavy (non-hydrogen) atoms. The van der Waals surface area contributed by atoms with Crippen LogP contribution in [0.2, 0.25) is 0 Å². The van der Waals surface area contributed by atoms with Crippen LogP contribution in [0.25, 0.3) is 0 Å². The molecular formula is C19H17F2NO4. The van der Waals surface area contributed by atoms with Gasteiger partial charge in [-0.2, -0.15) is 0 Å². The SMILES string of the molecule is O=C(O)c1cccc(NC(=O)C2(c3ccc(F)cc3F)CCOCC2)c1. The third-order valence-electron chi connectivity index (χ3n) is 4.60. The summed E-state index contributed by atoms with van der Waals surface area (Å²) in [6.45, 7) is 0.527. The lowest BCUT2D eigenvalue weighted by atomic mass is 9.73. The van der Waals surface area contributed by atoms with Crippen LogP contribution < -0.4 is 5.32 Å². The largest absolute Gasteiger partial charge is 0.478 e. The maximum absolute atomic E-state index is 14.4. The van der Waals surface area contributed by atoms with Crippen molar-refractivity contribution in [2.75, 3.05) is 18.5 Å². The molecule has 1 saturated heterocycles. The second kappa shape index (κ2) is 7.21. The second-order valence-corrected chi connectivity index (χ2v) is 6.16. The van der Waals surface area contributed by atoms with Crippen molar-refractivity contribution in [3.8, 4) is 0 Å². The number of carbonyl (C=O) groups is 2. The number of carboxylic acid groups (broad SMARTS) is 1. The van der Waals surface area contributed by atoms with Crippen LogP contribution in [0.3, 0.4) is 0 Å². The Morgan fingerprint density at radius 3 is 2.46 bits per heavy atom. The molecule has 136 valence electrons. The molecule has 2 aromatic rings. The van der Waals surface area contributed by atoms with Gasteiger partial charge < -0.3 is 15.2 Å². The number of carbonyl (C=O) groups excluding carboxylic acids is 1. The monoisotopic (exact) mass is 361 g/mol. The molecule has 2 N–H and O–H groups in total. The molecule has 0 unspecified atom stereocenters. The molecule has 1 aliphatic heterocycles. The lowest BCUT2D eigenvalue weighted by Crippen LogP contribution is -2.45. The van der Waals surface area contributed by atoms with Crippen LogP contribution in [-0.4, -0.2) is 30.2 Å². The van der Waals surface area contributed by atoms with Gasteiger partial charge in [0.25, 0.3) is 0 Å². The van der Waals surface area contributed by atoms with Gasteiger partial charge in [-0.25, -0.2) is 13.6 Å². The highest BCUT2D eigenvalue weighted by atomic mass is 19.1. The molecule has 1 aliphatic rings. The molecule has 0 spiro atoms. The normalized spacial score (nSPS) is 16.1. The minimum absolute atomic E-state index is 0.0248. The van der Waals surface area contributed by atoms with E-state index < -0.39 is 28.9 Å². The number of ether oxygens (including phenoxy) is 1. The van der Waals surface area contributed by atoms with E-state index in [1.807, 2.05) is 0 Å². The molecule has 0 aliphatic carbocycles. The molecule has 7 heteroatoms. The van der Waals surface area contributed by atoms with Gasteiger partial charge in [0, 0.05) is 30.5 Å². The average molecular weight is 361 g/mol. The van der Waals surface area contributed by atoms with Crippen LogP contribution in [0.1, 0.15) is 28.8 Å². The second-order valence-electron chi connectivity index (χ2n) is 6.16. The Morgan fingerprint density at radius 1 is 1.08 bits per heavy atom. The highest BCUT2D eigenvalue weighted by molar-refractivity contribution is 6.00. The average Bonchev–Trinajstić information content (AvgIpc) is 2.62. The Labute approximate surface area is 148 Å². The number of rotatable bonds is 4. The Kier molecular flexibility index (Phi) is 4.99. The van der Waals surface area contributed by atoms with Gasteiger partial charge >= 0.3 is 5.97 Å². The number of benzene rings is 2. The third kappa shape index (κ3) is 3.43. The third-order valence-corrected chi connectivity index (χ3v) is 4.60. The van der Waals surface area contributed by atoms with E-state index in [0.29, 0.717) is 5.69 Å². The van der Waals surface area contributed by atoms with Gasteiger partial charge in [-0.3, -0.25) is 4.79 Å². The van der Waals surface area contributed by atoms with Crippen LogP contribution >= 0.6 is 0 Å². The number of aromatic carboxylic acids is 1. The van der Waals surface area contributed by atoms with E-state index in [1.165, 1.54) is 24.3 Å². The quantitative estimate of drug-likeness (QED) is 0.876. The molecule has 1 fully saturated rings. The van der Waals surface area contributed by atoms with Crippen molar-refractivity contribution in [2.45, 2.75) is 18.3 Å². The fourth-order valence-electron chi connectivity index (χ4n) is 3.20. The summed E-state index contributed by atoms with van der Waals surface area (Å²) in [5.41, 5.74) is -0.788. The van der Waals surface area contributed by atoms with Gasteiger partial charge in [-0.05, 0) is 37.1 Å². The summed E-state index contributed by atoms with van der Waals surface area (Å²) in [5, 5.41) is 11.7. The Balaban J connectivity index is 1.96. The molecule has 0 aromatic heterocycles. The van der Waals surface area contributed by atoms with Crippen LogP contribution in [0.4, 0.5) is 14.5 Å². The molecule has 2 aromatic carbocycles. The Hall–Kier alpha value is -2.80. The van der Waals surface area contributed by atoms with Crippen molar-refractivity contribution < 1.29 is 28.2 Å².